The van der Waals surface area contributed by atoms with Gasteiger partial charge in [0.05, 0.1) is 0 Å². The first kappa shape index (κ1) is 25.0. The van der Waals surface area contributed by atoms with Crippen LogP contribution in [0.5, 0.6) is 0 Å². The fourth-order valence-electron chi connectivity index (χ4n) is 3.82. The van der Waals surface area contributed by atoms with Gasteiger partial charge >= 0.3 is 0 Å². The van der Waals surface area contributed by atoms with Crippen LogP contribution in [0.2, 0.25) is 0 Å². The third-order valence-corrected chi connectivity index (χ3v) is 5.56. The van der Waals surface area contributed by atoms with Crippen LogP contribution in [0.15, 0.2) is 110 Å². The van der Waals surface area contributed by atoms with Crippen molar-refractivity contribution in [3.05, 3.63) is 121 Å². The summed E-state index contributed by atoms with van der Waals surface area (Å²) in [6.07, 6.45) is 13.3. The molecule has 166 valence electrons. The molecular formula is C30H38N2+2. The van der Waals surface area contributed by atoms with Crippen molar-refractivity contribution in [1.82, 2.24) is 0 Å². The van der Waals surface area contributed by atoms with Crippen molar-refractivity contribution in [2.45, 2.75) is 53.6 Å². The van der Waals surface area contributed by atoms with Gasteiger partial charge in [0.2, 0.25) is 0 Å². The van der Waals surface area contributed by atoms with E-state index in [9.17, 15) is 0 Å². The van der Waals surface area contributed by atoms with E-state index < -0.39 is 0 Å². The molecule has 0 saturated heterocycles. The summed E-state index contributed by atoms with van der Waals surface area (Å²) in [5, 5.41) is 0. The molecule has 4 aromatic rings. The van der Waals surface area contributed by atoms with E-state index in [4.69, 9.17) is 0 Å². The monoisotopic (exact) mass is 426 g/mol. The van der Waals surface area contributed by atoms with Crippen LogP contribution in [0.1, 0.15) is 38.8 Å². The molecule has 0 atom stereocenters. The molecule has 0 bridgehead atoms. The number of rotatable bonds is 9. The van der Waals surface area contributed by atoms with E-state index in [1.807, 2.05) is 0 Å². The van der Waals surface area contributed by atoms with Gasteiger partial charge in [0, 0.05) is 37.1 Å². The smallest absolute Gasteiger partial charge is 0.169 e. The zero-order valence-electron chi connectivity index (χ0n) is 17.5. The summed E-state index contributed by atoms with van der Waals surface area (Å²) in [7, 11) is 0. The van der Waals surface area contributed by atoms with Crippen molar-refractivity contribution in [3.8, 4) is 11.1 Å². The molecule has 0 aliphatic carbocycles. The molecular weight excluding hydrogens is 388 g/mol. The minimum absolute atomic E-state index is 0. The molecule has 0 amide bonds. The molecule has 0 unspecified atom stereocenters. The highest BCUT2D eigenvalue weighted by atomic mass is 14.9. The van der Waals surface area contributed by atoms with Crippen molar-refractivity contribution in [3.63, 3.8) is 0 Å². The van der Waals surface area contributed by atoms with Crippen molar-refractivity contribution in [2.24, 2.45) is 0 Å². The van der Waals surface area contributed by atoms with Crippen LogP contribution < -0.4 is 9.13 Å². The summed E-state index contributed by atoms with van der Waals surface area (Å²) < 4.78 is 4.55. The third kappa shape index (κ3) is 7.46. The van der Waals surface area contributed by atoms with Gasteiger partial charge in [-0.15, -0.1) is 0 Å². The van der Waals surface area contributed by atoms with Gasteiger partial charge in [-0.05, 0) is 35.1 Å². The Morgan fingerprint density at radius 2 is 0.781 bits per heavy atom. The molecule has 2 heterocycles. The molecule has 0 saturated carbocycles. The van der Waals surface area contributed by atoms with E-state index in [0.717, 1.165) is 38.8 Å². The number of aryl methyl sites for hydroxylation is 4. The number of aromatic nitrogens is 2. The van der Waals surface area contributed by atoms with Gasteiger partial charge in [0.15, 0.2) is 24.8 Å². The van der Waals surface area contributed by atoms with E-state index in [1.54, 1.807) is 0 Å². The lowest BCUT2D eigenvalue weighted by Crippen LogP contribution is -2.33. The summed E-state index contributed by atoms with van der Waals surface area (Å²) in [5.74, 6) is 0. The minimum Gasteiger partial charge on any atom is -0.205 e. The van der Waals surface area contributed by atoms with Crippen LogP contribution in [0.3, 0.4) is 0 Å². The molecule has 2 heteroatoms. The Morgan fingerprint density at radius 1 is 0.438 bits per heavy atom. The maximum absolute atomic E-state index is 2.28. The van der Waals surface area contributed by atoms with E-state index in [0.29, 0.717) is 0 Å². The standard InChI is InChI=1S/C28H30N2.2CH4/c1-3-9-25(10-4-1)13-7-19-29-21-15-27(16-22-29)28-17-23-30(24-18-28)20-8-14-26-11-5-2-6-12-26;;/h1-6,9-12,15-18,21-24H,7-8,13-14,19-20H2;2*1H4/q+2;;. The number of nitrogens with zero attached hydrogens (tertiary/aromatic N) is 2. The lowest BCUT2D eigenvalue weighted by Gasteiger charge is -2.03. The highest BCUT2D eigenvalue weighted by molar-refractivity contribution is 5.60. The average Bonchev–Trinajstić information content (AvgIpc) is 2.82. The van der Waals surface area contributed by atoms with Crippen molar-refractivity contribution < 1.29 is 9.13 Å². The predicted molar refractivity (Wildman–Crippen MR) is 135 cm³/mol. The van der Waals surface area contributed by atoms with Crippen molar-refractivity contribution in [1.29, 1.82) is 0 Å². The zero-order chi connectivity index (χ0) is 20.4. The molecule has 0 aliphatic rings. The molecule has 0 radical (unpaired) electrons. The summed E-state index contributed by atoms with van der Waals surface area (Å²) in [6, 6.07) is 30.3. The van der Waals surface area contributed by atoms with Gasteiger partial charge in [-0.3, -0.25) is 0 Å². The van der Waals surface area contributed by atoms with Gasteiger partial charge < -0.3 is 0 Å². The van der Waals surface area contributed by atoms with Gasteiger partial charge in [-0.1, -0.05) is 75.5 Å². The Morgan fingerprint density at radius 3 is 1.12 bits per heavy atom. The molecule has 0 aliphatic heterocycles. The molecule has 0 N–H and O–H groups in total. The van der Waals surface area contributed by atoms with Gasteiger partial charge in [-0.25, -0.2) is 9.13 Å². The van der Waals surface area contributed by atoms with Crippen molar-refractivity contribution >= 4 is 0 Å². The quantitative estimate of drug-likeness (QED) is 0.271. The predicted octanol–water partition coefficient (Wildman–Crippen LogP) is 6.47. The Hall–Kier alpha value is -3.26. The second kappa shape index (κ2) is 13.2. The summed E-state index contributed by atoms with van der Waals surface area (Å²) in [4.78, 5) is 0. The fourth-order valence-corrected chi connectivity index (χ4v) is 3.82. The first-order valence-electron chi connectivity index (χ1n) is 10.9. The molecule has 2 aromatic carbocycles. The van der Waals surface area contributed by atoms with E-state index in [2.05, 4.69) is 119 Å². The second-order valence-electron chi connectivity index (χ2n) is 7.83. The van der Waals surface area contributed by atoms with Crippen molar-refractivity contribution in [2.75, 3.05) is 0 Å². The SMILES string of the molecule is C.C.c1ccc(CCC[n+]2ccc(-c3cc[n+](CCCc4ccccc4)cc3)cc2)cc1. The Balaban J connectivity index is 0.00000181. The van der Waals surface area contributed by atoms with Crippen LogP contribution >= 0.6 is 0 Å². The average molecular weight is 427 g/mol. The number of hydrogen-bond donors (Lipinski definition) is 0. The van der Waals surface area contributed by atoms with Gasteiger partial charge in [0.25, 0.3) is 0 Å². The van der Waals surface area contributed by atoms with Gasteiger partial charge in [0.1, 0.15) is 13.1 Å². The molecule has 2 nitrogen and oxygen atoms in total. The molecule has 32 heavy (non-hydrogen) atoms. The van der Waals surface area contributed by atoms with E-state index >= 15 is 0 Å². The number of pyridine rings is 2. The largest absolute Gasteiger partial charge is 0.205 e. The zero-order valence-corrected chi connectivity index (χ0v) is 17.5. The summed E-state index contributed by atoms with van der Waals surface area (Å²) >= 11 is 0. The number of hydrogen-bond acceptors (Lipinski definition) is 0. The third-order valence-electron chi connectivity index (χ3n) is 5.56. The topological polar surface area (TPSA) is 7.76 Å². The lowest BCUT2D eigenvalue weighted by molar-refractivity contribution is -0.697. The molecule has 0 spiro atoms. The minimum atomic E-state index is 0. The highest BCUT2D eigenvalue weighted by Crippen LogP contribution is 2.15. The van der Waals surface area contributed by atoms with Gasteiger partial charge in [-0.2, -0.15) is 0 Å². The maximum Gasteiger partial charge on any atom is 0.169 e. The molecule has 2 aromatic heterocycles. The highest BCUT2D eigenvalue weighted by Gasteiger charge is 2.06. The van der Waals surface area contributed by atoms with Crippen LogP contribution in [0.25, 0.3) is 11.1 Å². The Labute approximate surface area is 194 Å². The summed E-state index contributed by atoms with van der Waals surface area (Å²) in [6.45, 7) is 2.09. The molecule has 4 rings (SSSR count). The molecule has 0 fully saturated rings. The number of benzene rings is 2. The lowest BCUT2D eigenvalue weighted by atomic mass is 10.1. The van der Waals surface area contributed by atoms with Crippen LogP contribution in [-0.4, -0.2) is 0 Å². The van der Waals surface area contributed by atoms with Crippen LogP contribution in [0.4, 0.5) is 0 Å². The fraction of sp³-hybridized carbons (Fsp3) is 0.267. The Kier molecular flexibility index (Phi) is 10.3. The summed E-state index contributed by atoms with van der Waals surface area (Å²) in [5.41, 5.74) is 5.36. The second-order valence-corrected chi connectivity index (χ2v) is 7.83. The normalized spacial score (nSPS) is 10.1. The van der Waals surface area contributed by atoms with Crippen LogP contribution in [-0.2, 0) is 25.9 Å². The maximum atomic E-state index is 2.28. The van der Waals surface area contributed by atoms with Crippen LogP contribution in [0, 0.1) is 0 Å². The Bertz CT molecular complexity index is 921. The first-order chi connectivity index (χ1) is 14.9. The van der Waals surface area contributed by atoms with E-state index in [1.165, 1.54) is 22.3 Å². The first-order valence-corrected chi connectivity index (χ1v) is 10.9. The van der Waals surface area contributed by atoms with E-state index in [-0.39, 0.29) is 14.9 Å².